The molecule has 0 saturated carbocycles. The van der Waals surface area contributed by atoms with Gasteiger partial charge in [0.2, 0.25) is 0 Å². The summed E-state index contributed by atoms with van der Waals surface area (Å²) in [5.74, 6) is 0. The third-order valence-electron chi connectivity index (χ3n) is 3.72. The number of nitrogens with one attached hydrogen (secondary N) is 1. The number of nitrogens with zero attached hydrogens (tertiary/aromatic N) is 2. The van der Waals surface area contributed by atoms with Gasteiger partial charge in [0, 0.05) is 5.39 Å². The fourth-order valence-electron chi connectivity index (χ4n) is 2.67. The van der Waals surface area contributed by atoms with Crippen LogP contribution in [0.5, 0.6) is 0 Å². The number of rotatable bonds is 5. The first-order valence-electron chi connectivity index (χ1n) is 7.13. The standard InChI is InChI=1S/C17H18ClN3/c1-19-12-11-15(13-7-3-2-4-8-13)21-16-10-6-5-9-14(16)17(18)20-21/h2-10,15,19H,11-12H2,1H3. The molecule has 1 heterocycles. The monoisotopic (exact) mass is 299 g/mol. The average molecular weight is 300 g/mol. The van der Waals surface area contributed by atoms with E-state index < -0.39 is 0 Å². The number of para-hydroxylation sites is 1. The minimum absolute atomic E-state index is 0.177. The summed E-state index contributed by atoms with van der Waals surface area (Å²) in [6.45, 7) is 0.922. The van der Waals surface area contributed by atoms with Gasteiger partial charge in [0.25, 0.3) is 0 Å². The quantitative estimate of drug-likeness (QED) is 0.774. The first-order valence-corrected chi connectivity index (χ1v) is 7.51. The lowest BCUT2D eigenvalue weighted by Gasteiger charge is -2.19. The van der Waals surface area contributed by atoms with Crippen LogP contribution in [0.15, 0.2) is 54.6 Å². The molecule has 1 unspecified atom stereocenters. The van der Waals surface area contributed by atoms with Gasteiger partial charge in [-0.05, 0) is 37.7 Å². The van der Waals surface area contributed by atoms with Crippen LogP contribution in [0.4, 0.5) is 0 Å². The lowest BCUT2D eigenvalue weighted by atomic mass is 10.0. The summed E-state index contributed by atoms with van der Waals surface area (Å²) in [7, 11) is 1.97. The lowest BCUT2D eigenvalue weighted by molar-refractivity contribution is 0.494. The molecule has 0 aliphatic heterocycles. The first-order chi connectivity index (χ1) is 10.3. The highest BCUT2D eigenvalue weighted by Crippen LogP contribution is 2.29. The Morgan fingerprint density at radius 2 is 1.81 bits per heavy atom. The highest BCUT2D eigenvalue weighted by atomic mass is 35.5. The number of halogens is 1. The Morgan fingerprint density at radius 1 is 1.10 bits per heavy atom. The third kappa shape index (κ3) is 2.80. The van der Waals surface area contributed by atoms with E-state index in [4.69, 9.17) is 11.6 Å². The Labute approximate surface area is 129 Å². The molecule has 21 heavy (non-hydrogen) atoms. The molecule has 3 rings (SSSR count). The van der Waals surface area contributed by atoms with Crippen LogP contribution >= 0.6 is 11.6 Å². The van der Waals surface area contributed by atoms with Gasteiger partial charge in [-0.1, -0.05) is 54.1 Å². The molecule has 3 aromatic rings. The molecule has 0 fully saturated rings. The van der Waals surface area contributed by atoms with E-state index >= 15 is 0 Å². The van der Waals surface area contributed by atoms with Crippen molar-refractivity contribution in [1.82, 2.24) is 15.1 Å². The van der Waals surface area contributed by atoms with Gasteiger partial charge >= 0.3 is 0 Å². The van der Waals surface area contributed by atoms with Crippen molar-refractivity contribution in [1.29, 1.82) is 0 Å². The van der Waals surface area contributed by atoms with Crippen LogP contribution in [-0.2, 0) is 0 Å². The summed E-state index contributed by atoms with van der Waals surface area (Å²) in [6, 6.07) is 18.7. The second-order valence-corrected chi connectivity index (χ2v) is 5.43. The van der Waals surface area contributed by atoms with Crippen LogP contribution in [0.25, 0.3) is 10.9 Å². The van der Waals surface area contributed by atoms with Crippen molar-refractivity contribution in [2.75, 3.05) is 13.6 Å². The summed E-state index contributed by atoms with van der Waals surface area (Å²) in [5, 5.41) is 9.36. The molecule has 1 atom stereocenters. The maximum atomic E-state index is 6.30. The Kier molecular flexibility index (Phi) is 4.23. The fraction of sp³-hybridized carbons (Fsp3) is 0.235. The minimum atomic E-state index is 0.177. The first kappa shape index (κ1) is 14.1. The van der Waals surface area contributed by atoms with E-state index in [0.717, 1.165) is 23.9 Å². The van der Waals surface area contributed by atoms with Gasteiger partial charge < -0.3 is 5.32 Å². The molecular weight excluding hydrogens is 282 g/mol. The van der Waals surface area contributed by atoms with Gasteiger partial charge in [0.15, 0.2) is 5.15 Å². The van der Waals surface area contributed by atoms with Gasteiger partial charge in [-0.3, -0.25) is 4.68 Å². The predicted octanol–water partition coefficient (Wildman–Crippen LogP) is 3.89. The Morgan fingerprint density at radius 3 is 2.57 bits per heavy atom. The fourth-order valence-corrected chi connectivity index (χ4v) is 2.92. The van der Waals surface area contributed by atoms with Crippen LogP contribution in [-0.4, -0.2) is 23.4 Å². The molecule has 0 spiro atoms. The molecule has 1 aromatic heterocycles. The summed E-state index contributed by atoms with van der Waals surface area (Å²) in [5.41, 5.74) is 2.32. The maximum Gasteiger partial charge on any atom is 0.158 e. The van der Waals surface area contributed by atoms with Crippen LogP contribution in [0.1, 0.15) is 18.0 Å². The zero-order valence-corrected chi connectivity index (χ0v) is 12.7. The van der Waals surface area contributed by atoms with E-state index in [0.29, 0.717) is 5.15 Å². The third-order valence-corrected chi connectivity index (χ3v) is 4.00. The highest BCUT2D eigenvalue weighted by molar-refractivity contribution is 6.34. The second-order valence-electron chi connectivity index (χ2n) is 5.07. The molecule has 108 valence electrons. The lowest BCUT2D eigenvalue weighted by Crippen LogP contribution is -2.18. The van der Waals surface area contributed by atoms with E-state index in [9.17, 15) is 0 Å². The zero-order valence-electron chi connectivity index (χ0n) is 12.0. The number of fused-ring (bicyclic) bond motifs is 1. The number of hydrogen-bond donors (Lipinski definition) is 1. The smallest absolute Gasteiger partial charge is 0.158 e. The van der Waals surface area contributed by atoms with E-state index in [-0.39, 0.29) is 6.04 Å². The van der Waals surface area contributed by atoms with E-state index in [1.54, 1.807) is 0 Å². The molecule has 0 radical (unpaired) electrons. The molecule has 2 aromatic carbocycles. The summed E-state index contributed by atoms with van der Waals surface area (Å²) >= 11 is 6.30. The van der Waals surface area contributed by atoms with Crippen molar-refractivity contribution in [3.05, 3.63) is 65.3 Å². The van der Waals surface area contributed by atoms with Crippen LogP contribution in [0.3, 0.4) is 0 Å². The molecule has 0 aliphatic rings. The van der Waals surface area contributed by atoms with Gasteiger partial charge in [-0.25, -0.2) is 0 Å². The number of hydrogen-bond acceptors (Lipinski definition) is 2. The number of aromatic nitrogens is 2. The summed E-state index contributed by atoms with van der Waals surface area (Å²) in [6.07, 6.45) is 0.961. The van der Waals surface area contributed by atoms with Crippen molar-refractivity contribution >= 4 is 22.5 Å². The summed E-state index contributed by atoms with van der Waals surface area (Å²) in [4.78, 5) is 0. The minimum Gasteiger partial charge on any atom is -0.320 e. The second kappa shape index (κ2) is 6.29. The van der Waals surface area contributed by atoms with E-state index in [2.05, 4.69) is 40.7 Å². The van der Waals surface area contributed by atoms with Gasteiger partial charge in [-0.15, -0.1) is 0 Å². The maximum absolute atomic E-state index is 6.30. The van der Waals surface area contributed by atoms with Crippen LogP contribution < -0.4 is 5.32 Å². The van der Waals surface area contributed by atoms with Gasteiger partial charge in [0.05, 0.1) is 11.6 Å². The van der Waals surface area contributed by atoms with Crippen LogP contribution in [0, 0.1) is 0 Å². The Balaban J connectivity index is 2.10. The normalized spacial score (nSPS) is 12.7. The molecule has 0 aliphatic carbocycles. The molecule has 1 N–H and O–H groups in total. The Hall–Kier alpha value is -1.84. The molecule has 0 amide bonds. The molecule has 0 saturated heterocycles. The number of benzene rings is 2. The van der Waals surface area contributed by atoms with Crippen molar-refractivity contribution in [2.24, 2.45) is 0 Å². The molecule has 3 nitrogen and oxygen atoms in total. The largest absolute Gasteiger partial charge is 0.320 e. The van der Waals surface area contributed by atoms with E-state index in [1.807, 2.05) is 36.0 Å². The highest BCUT2D eigenvalue weighted by Gasteiger charge is 2.18. The zero-order chi connectivity index (χ0) is 14.7. The van der Waals surface area contributed by atoms with Crippen molar-refractivity contribution in [2.45, 2.75) is 12.5 Å². The predicted molar refractivity (Wildman–Crippen MR) is 87.9 cm³/mol. The Bertz CT molecular complexity index is 721. The molecular formula is C17H18ClN3. The van der Waals surface area contributed by atoms with E-state index in [1.165, 1.54) is 5.56 Å². The van der Waals surface area contributed by atoms with Crippen LogP contribution in [0.2, 0.25) is 5.15 Å². The topological polar surface area (TPSA) is 29.9 Å². The van der Waals surface area contributed by atoms with Crippen molar-refractivity contribution < 1.29 is 0 Å². The van der Waals surface area contributed by atoms with Crippen molar-refractivity contribution in [3.63, 3.8) is 0 Å². The summed E-state index contributed by atoms with van der Waals surface area (Å²) < 4.78 is 2.05. The average Bonchev–Trinajstić information content (AvgIpc) is 2.87. The van der Waals surface area contributed by atoms with Gasteiger partial charge in [0.1, 0.15) is 0 Å². The van der Waals surface area contributed by atoms with Crippen molar-refractivity contribution in [3.8, 4) is 0 Å². The molecule has 4 heteroatoms. The van der Waals surface area contributed by atoms with Gasteiger partial charge in [-0.2, -0.15) is 5.10 Å². The molecule has 0 bridgehead atoms. The SMILES string of the molecule is CNCCC(c1ccccc1)n1nc(Cl)c2ccccc21.